The van der Waals surface area contributed by atoms with Gasteiger partial charge in [-0.25, -0.2) is 0 Å². The van der Waals surface area contributed by atoms with Crippen LogP contribution >= 0.6 is 0 Å². The zero-order valence-electron chi connectivity index (χ0n) is 11.8. The van der Waals surface area contributed by atoms with Gasteiger partial charge in [-0.05, 0) is 42.5 Å². The number of hydrogen-bond acceptors (Lipinski definition) is 4. The molecule has 2 N–H and O–H groups in total. The maximum absolute atomic E-state index is 11.6. The summed E-state index contributed by atoms with van der Waals surface area (Å²) in [5, 5.41) is 8.81. The van der Waals surface area contributed by atoms with Gasteiger partial charge in [0.25, 0.3) is 5.91 Å². The van der Waals surface area contributed by atoms with Crippen molar-refractivity contribution in [3.05, 3.63) is 53.6 Å². The minimum Gasteiger partial charge on any atom is -0.497 e. The summed E-state index contributed by atoms with van der Waals surface area (Å²) in [6, 6.07) is 13.1. The van der Waals surface area contributed by atoms with Gasteiger partial charge in [-0.3, -0.25) is 14.5 Å². The summed E-state index contributed by atoms with van der Waals surface area (Å²) in [5.41, 5.74) is 6.86. The third-order valence-corrected chi connectivity index (χ3v) is 3.11. The molecule has 0 aliphatic heterocycles. The average molecular weight is 295 g/mol. The van der Waals surface area contributed by atoms with Gasteiger partial charge in [0, 0.05) is 5.69 Å². The lowest BCUT2D eigenvalue weighted by atomic mass is 10.1. The van der Waals surface area contributed by atoms with Crippen molar-refractivity contribution >= 4 is 23.7 Å². The fourth-order valence-corrected chi connectivity index (χ4v) is 2.00. The fourth-order valence-electron chi connectivity index (χ4n) is 2.00. The lowest BCUT2D eigenvalue weighted by Crippen LogP contribution is -2.20. The summed E-state index contributed by atoms with van der Waals surface area (Å²) < 4.78 is 5.06. The standard InChI is InChI=1S/C16H13N3O3/c1-22-13-6-7-15(14(8-13)16(18)21)19(10-20)12-4-2-11(9-17)3-5-12/h2-8,10H,1H3,(H2,18,21). The number of amides is 2. The van der Waals surface area contributed by atoms with Crippen molar-refractivity contribution < 1.29 is 14.3 Å². The summed E-state index contributed by atoms with van der Waals surface area (Å²) >= 11 is 0. The fraction of sp³-hybridized carbons (Fsp3) is 0.0625. The molecular formula is C16H13N3O3. The van der Waals surface area contributed by atoms with E-state index in [4.69, 9.17) is 15.7 Å². The Hall–Kier alpha value is -3.33. The van der Waals surface area contributed by atoms with E-state index in [1.54, 1.807) is 36.4 Å². The van der Waals surface area contributed by atoms with Gasteiger partial charge in [-0.15, -0.1) is 0 Å². The quantitative estimate of drug-likeness (QED) is 0.853. The number of nitrogens with two attached hydrogens (primary N) is 1. The highest BCUT2D eigenvalue weighted by atomic mass is 16.5. The number of nitriles is 1. The third-order valence-electron chi connectivity index (χ3n) is 3.11. The highest BCUT2D eigenvalue weighted by Crippen LogP contribution is 2.30. The van der Waals surface area contributed by atoms with Crippen LogP contribution in [0, 0.1) is 11.3 Å². The first-order valence-corrected chi connectivity index (χ1v) is 6.33. The Kier molecular flexibility index (Phi) is 4.39. The van der Waals surface area contributed by atoms with Gasteiger partial charge in [0.2, 0.25) is 6.41 Å². The summed E-state index contributed by atoms with van der Waals surface area (Å²) in [6.45, 7) is 0. The first kappa shape index (κ1) is 15.1. The minimum absolute atomic E-state index is 0.163. The topological polar surface area (TPSA) is 96.4 Å². The summed E-state index contributed by atoms with van der Waals surface area (Å²) in [6.07, 6.45) is 0.579. The molecule has 2 aromatic rings. The van der Waals surface area contributed by atoms with Crippen molar-refractivity contribution in [1.29, 1.82) is 5.26 Å². The van der Waals surface area contributed by atoms with Gasteiger partial charge in [0.05, 0.1) is 30.0 Å². The second-order valence-corrected chi connectivity index (χ2v) is 4.38. The van der Waals surface area contributed by atoms with E-state index < -0.39 is 5.91 Å². The Morgan fingerprint density at radius 3 is 2.45 bits per heavy atom. The monoisotopic (exact) mass is 295 g/mol. The van der Waals surface area contributed by atoms with Crippen LogP contribution < -0.4 is 15.4 Å². The van der Waals surface area contributed by atoms with E-state index in [2.05, 4.69) is 0 Å². The highest BCUT2D eigenvalue weighted by Gasteiger charge is 2.17. The zero-order chi connectivity index (χ0) is 16.1. The number of nitrogens with zero attached hydrogens (tertiary/aromatic N) is 2. The normalized spacial score (nSPS) is 9.64. The van der Waals surface area contributed by atoms with Crippen molar-refractivity contribution in [2.24, 2.45) is 5.73 Å². The van der Waals surface area contributed by atoms with E-state index in [1.807, 2.05) is 6.07 Å². The number of primary amides is 1. The van der Waals surface area contributed by atoms with E-state index in [9.17, 15) is 9.59 Å². The molecule has 6 heteroatoms. The highest BCUT2D eigenvalue weighted by molar-refractivity contribution is 6.03. The van der Waals surface area contributed by atoms with Crippen LogP contribution in [0.5, 0.6) is 5.75 Å². The van der Waals surface area contributed by atoms with Crippen LogP contribution in [0.3, 0.4) is 0 Å². The Morgan fingerprint density at radius 2 is 1.95 bits per heavy atom. The maximum Gasteiger partial charge on any atom is 0.250 e. The predicted octanol–water partition coefficient (Wildman–Crippen LogP) is 1.96. The number of hydrogen-bond donors (Lipinski definition) is 1. The van der Waals surface area contributed by atoms with Crippen LogP contribution in [0.15, 0.2) is 42.5 Å². The van der Waals surface area contributed by atoms with Crippen molar-refractivity contribution in [1.82, 2.24) is 0 Å². The predicted molar refractivity (Wildman–Crippen MR) is 80.9 cm³/mol. The number of rotatable bonds is 5. The number of benzene rings is 2. The molecule has 0 fully saturated rings. The SMILES string of the molecule is COc1ccc(N(C=O)c2ccc(C#N)cc2)c(C(N)=O)c1. The molecule has 0 aliphatic rings. The third kappa shape index (κ3) is 2.88. The van der Waals surface area contributed by atoms with Gasteiger partial charge in [0.15, 0.2) is 0 Å². The number of carbonyl (C=O) groups is 2. The van der Waals surface area contributed by atoms with Crippen molar-refractivity contribution in [2.45, 2.75) is 0 Å². The minimum atomic E-state index is -0.672. The lowest BCUT2D eigenvalue weighted by molar-refractivity contribution is -0.106. The number of carbonyl (C=O) groups excluding carboxylic acids is 2. The second-order valence-electron chi connectivity index (χ2n) is 4.38. The molecule has 2 rings (SSSR count). The number of methoxy groups -OCH3 is 1. The first-order valence-electron chi connectivity index (χ1n) is 6.33. The number of ether oxygens (including phenoxy) is 1. The maximum atomic E-state index is 11.6. The molecule has 2 aromatic carbocycles. The molecule has 0 bridgehead atoms. The van der Waals surface area contributed by atoms with Crippen molar-refractivity contribution in [3.63, 3.8) is 0 Å². The molecular weight excluding hydrogens is 282 g/mol. The Labute approximate surface area is 127 Å². The lowest BCUT2D eigenvalue weighted by Gasteiger charge is -2.20. The zero-order valence-corrected chi connectivity index (χ0v) is 11.8. The molecule has 0 spiro atoms. The van der Waals surface area contributed by atoms with Gasteiger partial charge in [-0.2, -0.15) is 5.26 Å². The van der Waals surface area contributed by atoms with Gasteiger partial charge in [0.1, 0.15) is 5.75 Å². The Morgan fingerprint density at radius 1 is 1.27 bits per heavy atom. The molecule has 0 heterocycles. The van der Waals surface area contributed by atoms with Gasteiger partial charge >= 0.3 is 0 Å². The van der Waals surface area contributed by atoms with E-state index >= 15 is 0 Å². The van der Waals surface area contributed by atoms with Crippen molar-refractivity contribution in [3.8, 4) is 11.8 Å². The molecule has 0 saturated carbocycles. The van der Waals surface area contributed by atoms with E-state index in [0.717, 1.165) is 0 Å². The molecule has 0 unspecified atom stereocenters. The molecule has 0 radical (unpaired) electrons. The summed E-state index contributed by atoms with van der Waals surface area (Å²) in [7, 11) is 1.47. The first-order chi connectivity index (χ1) is 10.6. The van der Waals surface area contributed by atoms with Crippen LogP contribution in [0.2, 0.25) is 0 Å². The van der Waals surface area contributed by atoms with Crippen LogP contribution in [-0.4, -0.2) is 19.4 Å². The second kappa shape index (κ2) is 6.41. The van der Waals surface area contributed by atoms with Gasteiger partial charge in [-0.1, -0.05) is 0 Å². The molecule has 110 valence electrons. The Bertz CT molecular complexity index is 748. The van der Waals surface area contributed by atoms with Crippen molar-refractivity contribution in [2.75, 3.05) is 12.0 Å². The van der Waals surface area contributed by atoms with Gasteiger partial charge < -0.3 is 10.5 Å². The number of anilines is 2. The summed E-state index contributed by atoms with van der Waals surface area (Å²) in [4.78, 5) is 24.4. The molecule has 0 aliphatic carbocycles. The molecule has 0 saturated heterocycles. The molecule has 6 nitrogen and oxygen atoms in total. The summed E-state index contributed by atoms with van der Waals surface area (Å²) in [5.74, 6) is -0.211. The van der Waals surface area contributed by atoms with Crippen LogP contribution in [0.4, 0.5) is 11.4 Å². The molecule has 0 atom stereocenters. The van der Waals surface area contributed by atoms with Crippen LogP contribution in [-0.2, 0) is 4.79 Å². The largest absolute Gasteiger partial charge is 0.497 e. The van der Waals surface area contributed by atoms with E-state index in [1.165, 1.54) is 18.1 Å². The Balaban J connectivity index is 2.53. The van der Waals surface area contributed by atoms with E-state index in [0.29, 0.717) is 29.1 Å². The average Bonchev–Trinajstić information content (AvgIpc) is 2.56. The smallest absolute Gasteiger partial charge is 0.250 e. The van der Waals surface area contributed by atoms with Crippen LogP contribution in [0.25, 0.3) is 0 Å². The van der Waals surface area contributed by atoms with E-state index in [-0.39, 0.29) is 5.56 Å². The van der Waals surface area contributed by atoms with Crippen LogP contribution in [0.1, 0.15) is 15.9 Å². The molecule has 22 heavy (non-hydrogen) atoms. The molecule has 0 aromatic heterocycles. The molecule has 2 amide bonds.